The second-order valence-electron chi connectivity index (χ2n) is 9.72. The molecule has 4 aromatic rings. The van der Waals surface area contributed by atoms with Crippen molar-refractivity contribution in [3.8, 4) is 0 Å². The Morgan fingerprint density at radius 3 is 2.49 bits per heavy atom. The first-order valence-corrected chi connectivity index (χ1v) is 12.5. The zero-order valence-electron chi connectivity index (χ0n) is 21.6. The van der Waals surface area contributed by atoms with Gasteiger partial charge in [0, 0.05) is 12.2 Å². The van der Waals surface area contributed by atoms with Crippen LogP contribution in [-0.2, 0) is 16.1 Å². The summed E-state index contributed by atoms with van der Waals surface area (Å²) in [5, 5.41) is 11.3. The summed E-state index contributed by atoms with van der Waals surface area (Å²) >= 11 is 0. The smallest absolute Gasteiger partial charge is 0.249 e. The van der Waals surface area contributed by atoms with Crippen LogP contribution in [0.3, 0.4) is 0 Å². The van der Waals surface area contributed by atoms with E-state index >= 15 is 0 Å². The molecular weight excluding hydrogens is 469 g/mol. The van der Waals surface area contributed by atoms with Gasteiger partial charge in [0.05, 0.1) is 5.52 Å². The average molecular weight is 502 g/mol. The van der Waals surface area contributed by atoms with Crippen molar-refractivity contribution in [2.24, 2.45) is 5.92 Å². The van der Waals surface area contributed by atoms with Gasteiger partial charge in [-0.25, -0.2) is 9.07 Å². The Kier molecular flexibility index (Phi) is 7.96. The molecule has 0 aliphatic rings. The molecule has 7 nitrogen and oxygen atoms in total. The molecule has 1 aromatic heterocycles. The van der Waals surface area contributed by atoms with Crippen molar-refractivity contribution in [3.05, 3.63) is 89.2 Å². The highest BCUT2D eigenvalue weighted by molar-refractivity contribution is 6.02. The second kappa shape index (κ2) is 11.3. The largest absolute Gasteiger partial charge is 0.354 e. The Morgan fingerprint density at radius 1 is 1.03 bits per heavy atom. The third-order valence-electron chi connectivity index (χ3n) is 6.31. The monoisotopic (exact) mass is 501 g/mol. The molecule has 0 saturated carbocycles. The predicted octanol–water partition coefficient (Wildman–Crippen LogP) is 5.12. The normalized spacial score (nSPS) is 12.1. The van der Waals surface area contributed by atoms with Crippen LogP contribution in [0, 0.1) is 25.6 Å². The van der Waals surface area contributed by atoms with Gasteiger partial charge in [0.2, 0.25) is 11.8 Å². The molecule has 0 unspecified atom stereocenters. The molecule has 0 aliphatic heterocycles. The number of aryl methyl sites for hydroxylation is 2. The number of hydrogen-bond donors (Lipinski definition) is 1. The van der Waals surface area contributed by atoms with Crippen molar-refractivity contribution in [2.75, 3.05) is 11.4 Å². The van der Waals surface area contributed by atoms with Gasteiger partial charge >= 0.3 is 0 Å². The fourth-order valence-electron chi connectivity index (χ4n) is 4.28. The van der Waals surface area contributed by atoms with Crippen molar-refractivity contribution >= 4 is 28.5 Å². The Hall–Kier alpha value is -4.07. The number of hydrogen-bond acceptors (Lipinski definition) is 4. The molecule has 1 atom stereocenters. The minimum atomic E-state index is -1.00. The molecule has 0 radical (unpaired) electrons. The fourth-order valence-corrected chi connectivity index (χ4v) is 4.28. The molecule has 0 aliphatic carbocycles. The number of rotatable bonds is 9. The highest BCUT2D eigenvalue weighted by Crippen LogP contribution is 2.32. The molecule has 0 fully saturated rings. The lowest BCUT2D eigenvalue weighted by atomic mass is 10.0. The molecule has 1 N–H and O–H groups in total. The van der Waals surface area contributed by atoms with Crippen LogP contribution in [0.2, 0.25) is 0 Å². The van der Waals surface area contributed by atoms with Gasteiger partial charge in [0.1, 0.15) is 23.9 Å². The quantitative estimate of drug-likeness (QED) is 0.345. The lowest BCUT2D eigenvalue weighted by Gasteiger charge is -2.33. The van der Waals surface area contributed by atoms with Gasteiger partial charge in [0.25, 0.3) is 0 Å². The van der Waals surface area contributed by atoms with Gasteiger partial charge in [-0.2, -0.15) is 0 Å². The number of carbonyl (C=O) groups is 2. The minimum Gasteiger partial charge on any atom is -0.354 e. The number of carbonyl (C=O) groups excluding carboxylic acids is 2. The van der Waals surface area contributed by atoms with E-state index in [9.17, 15) is 14.0 Å². The van der Waals surface area contributed by atoms with Crippen LogP contribution in [0.1, 0.15) is 43.0 Å². The number of benzene rings is 3. The van der Waals surface area contributed by atoms with E-state index in [2.05, 4.69) is 29.5 Å². The van der Waals surface area contributed by atoms with Crippen molar-refractivity contribution in [1.82, 2.24) is 20.3 Å². The highest BCUT2D eigenvalue weighted by atomic mass is 19.1. The molecule has 192 valence electrons. The van der Waals surface area contributed by atoms with E-state index in [1.807, 2.05) is 56.3 Å². The van der Waals surface area contributed by atoms with E-state index < -0.39 is 11.9 Å². The summed E-state index contributed by atoms with van der Waals surface area (Å²) in [5.41, 5.74) is 4.31. The lowest BCUT2D eigenvalue weighted by Crippen LogP contribution is -2.46. The predicted molar refractivity (Wildman–Crippen MR) is 143 cm³/mol. The third-order valence-corrected chi connectivity index (χ3v) is 6.31. The summed E-state index contributed by atoms with van der Waals surface area (Å²) in [4.78, 5) is 29.3. The Bertz CT molecular complexity index is 1400. The van der Waals surface area contributed by atoms with Crippen LogP contribution >= 0.6 is 0 Å². The van der Waals surface area contributed by atoms with E-state index in [1.54, 1.807) is 12.1 Å². The van der Waals surface area contributed by atoms with E-state index in [0.717, 1.165) is 23.1 Å². The summed E-state index contributed by atoms with van der Waals surface area (Å²) in [6, 6.07) is 17.9. The van der Waals surface area contributed by atoms with E-state index in [4.69, 9.17) is 0 Å². The molecule has 0 spiro atoms. The van der Waals surface area contributed by atoms with Gasteiger partial charge < -0.3 is 5.32 Å². The van der Waals surface area contributed by atoms with Crippen molar-refractivity contribution < 1.29 is 14.0 Å². The number of halogens is 1. The van der Waals surface area contributed by atoms with Gasteiger partial charge in [-0.1, -0.05) is 55.5 Å². The number of nitrogens with zero attached hydrogens (tertiary/aromatic N) is 4. The number of fused-ring (bicyclic) bond motifs is 1. The van der Waals surface area contributed by atoms with Gasteiger partial charge in [-0.3, -0.25) is 14.5 Å². The first-order valence-electron chi connectivity index (χ1n) is 12.5. The second-order valence-corrected chi connectivity index (χ2v) is 9.72. The number of nitrogens with one attached hydrogen (secondary N) is 1. The zero-order valence-corrected chi connectivity index (χ0v) is 21.6. The Morgan fingerprint density at radius 2 is 1.76 bits per heavy atom. The van der Waals surface area contributed by atoms with Crippen LogP contribution in [0.4, 0.5) is 10.1 Å². The first kappa shape index (κ1) is 26.0. The number of para-hydroxylation sites is 1. The van der Waals surface area contributed by atoms with Gasteiger partial charge in [-0.15, -0.1) is 5.10 Å². The first-order chi connectivity index (χ1) is 17.7. The Labute approximate surface area is 216 Å². The maximum atomic E-state index is 14.1. The van der Waals surface area contributed by atoms with Crippen LogP contribution in [0.25, 0.3) is 11.0 Å². The van der Waals surface area contributed by atoms with Crippen molar-refractivity contribution in [2.45, 2.75) is 46.7 Å². The Balaban J connectivity index is 1.80. The topological polar surface area (TPSA) is 80.1 Å². The van der Waals surface area contributed by atoms with E-state index in [-0.39, 0.29) is 18.4 Å². The maximum absolute atomic E-state index is 14.1. The number of aromatic nitrogens is 3. The summed E-state index contributed by atoms with van der Waals surface area (Å²) in [6.45, 7) is 8.35. The SMILES string of the molecule is Cc1ccc(C)c(N(C(=O)Cn2nnc3ccccc32)[C@H](C(=O)NCCC(C)C)c2ccc(F)cc2)c1. The van der Waals surface area contributed by atoms with E-state index in [1.165, 1.54) is 21.7 Å². The number of anilines is 1. The molecule has 2 amide bonds. The summed E-state index contributed by atoms with van der Waals surface area (Å²) in [6.07, 6.45) is 0.796. The number of amides is 2. The third kappa shape index (κ3) is 6.02. The van der Waals surface area contributed by atoms with Gasteiger partial charge in [0.15, 0.2) is 0 Å². The van der Waals surface area contributed by atoms with Crippen molar-refractivity contribution in [3.63, 3.8) is 0 Å². The van der Waals surface area contributed by atoms with Gasteiger partial charge in [-0.05, 0) is 73.2 Å². The molecule has 0 saturated heterocycles. The highest BCUT2D eigenvalue weighted by Gasteiger charge is 2.34. The fraction of sp³-hybridized carbons (Fsp3) is 0.310. The molecule has 37 heavy (non-hydrogen) atoms. The van der Waals surface area contributed by atoms with Crippen molar-refractivity contribution in [1.29, 1.82) is 0 Å². The lowest BCUT2D eigenvalue weighted by molar-refractivity contribution is -0.127. The average Bonchev–Trinajstić information content (AvgIpc) is 3.27. The standard InChI is InChI=1S/C29H32FN5O2/c1-19(2)15-16-31-29(37)28(22-11-13-23(30)14-12-22)35(26-17-20(3)9-10-21(26)4)27(36)18-34-25-8-6-5-7-24(25)32-33-34/h5-14,17,19,28H,15-16,18H2,1-4H3,(H,31,37)/t28-/m0/s1. The zero-order chi connectivity index (χ0) is 26.5. The summed E-state index contributed by atoms with van der Waals surface area (Å²) in [5.74, 6) is -0.675. The molecule has 3 aromatic carbocycles. The van der Waals surface area contributed by atoms with Crippen LogP contribution in [-0.4, -0.2) is 33.4 Å². The molecular formula is C29H32FN5O2. The minimum absolute atomic E-state index is 0.120. The molecule has 0 bridgehead atoms. The summed E-state index contributed by atoms with van der Waals surface area (Å²) in [7, 11) is 0. The molecule has 1 heterocycles. The maximum Gasteiger partial charge on any atom is 0.249 e. The molecule has 8 heteroatoms. The summed E-state index contributed by atoms with van der Waals surface area (Å²) < 4.78 is 15.4. The van der Waals surface area contributed by atoms with Crippen LogP contribution in [0.5, 0.6) is 0 Å². The molecule has 4 rings (SSSR count). The van der Waals surface area contributed by atoms with E-state index in [0.29, 0.717) is 29.2 Å². The van der Waals surface area contributed by atoms with Crippen LogP contribution < -0.4 is 10.2 Å². The van der Waals surface area contributed by atoms with Crippen LogP contribution in [0.15, 0.2) is 66.7 Å².